The van der Waals surface area contributed by atoms with Gasteiger partial charge in [0.15, 0.2) is 5.78 Å². The number of methoxy groups -OCH3 is 1. The summed E-state index contributed by atoms with van der Waals surface area (Å²) >= 11 is 0. The minimum atomic E-state index is -0.0669. The van der Waals surface area contributed by atoms with Crippen molar-refractivity contribution < 1.29 is 9.53 Å². The number of nitrogens with zero attached hydrogens (tertiary/aromatic N) is 1. The van der Waals surface area contributed by atoms with Crippen LogP contribution in [-0.2, 0) is 0 Å². The highest BCUT2D eigenvalue weighted by molar-refractivity contribution is 6.04. The molecule has 20 heavy (non-hydrogen) atoms. The Hall–Kier alpha value is -2.68. The molecular weight excluding hydrogens is 250 g/mol. The van der Waals surface area contributed by atoms with Crippen molar-refractivity contribution in [1.29, 1.82) is 0 Å². The molecule has 2 aromatic rings. The van der Waals surface area contributed by atoms with Crippen LogP contribution in [0.15, 0.2) is 67.0 Å². The molecule has 1 aromatic carbocycles. The largest absolute Gasteiger partial charge is 0.496 e. The molecule has 3 nitrogen and oxygen atoms in total. The van der Waals surface area contributed by atoms with Gasteiger partial charge < -0.3 is 4.74 Å². The maximum atomic E-state index is 11.8. The van der Waals surface area contributed by atoms with E-state index in [0.717, 1.165) is 11.3 Å². The molecule has 0 N–H and O–H groups in total. The normalized spacial score (nSPS) is 11.1. The van der Waals surface area contributed by atoms with Gasteiger partial charge in [-0.1, -0.05) is 36.4 Å². The van der Waals surface area contributed by atoms with Crippen molar-refractivity contribution in [2.45, 2.75) is 0 Å². The summed E-state index contributed by atoms with van der Waals surface area (Å²) in [6.07, 6.45) is 10.1. The summed E-state index contributed by atoms with van der Waals surface area (Å²) in [7, 11) is 1.63. The van der Waals surface area contributed by atoms with Gasteiger partial charge >= 0.3 is 0 Å². The number of rotatable bonds is 5. The van der Waals surface area contributed by atoms with E-state index in [9.17, 15) is 4.79 Å². The molecule has 0 spiro atoms. The summed E-state index contributed by atoms with van der Waals surface area (Å²) in [5, 5.41) is 0. The molecule has 0 aliphatic carbocycles. The van der Waals surface area contributed by atoms with Crippen molar-refractivity contribution in [3.8, 4) is 5.75 Å². The summed E-state index contributed by atoms with van der Waals surface area (Å²) in [6, 6.07) is 11.2. The fourth-order valence-electron chi connectivity index (χ4n) is 1.71. The molecule has 100 valence electrons. The van der Waals surface area contributed by atoms with Gasteiger partial charge in [0.05, 0.1) is 7.11 Å². The van der Waals surface area contributed by atoms with Crippen molar-refractivity contribution in [3.63, 3.8) is 0 Å². The summed E-state index contributed by atoms with van der Waals surface area (Å²) < 4.78 is 5.24. The van der Waals surface area contributed by atoms with Crippen LogP contribution in [0.25, 0.3) is 6.08 Å². The van der Waals surface area contributed by atoms with Gasteiger partial charge in [-0.05, 0) is 24.3 Å². The van der Waals surface area contributed by atoms with Crippen LogP contribution in [0.5, 0.6) is 5.75 Å². The Bertz CT molecular complexity index is 630. The zero-order chi connectivity index (χ0) is 14.2. The summed E-state index contributed by atoms with van der Waals surface area (Å²) in [5.41, 5.74) is 1.54. The SMILES string of the molecule is COc1ccccc1/C=C/C=C/C(=O)c1cccnc1. The van der Waals surface area contributed by atoms with E-state index in [-0.39, 0.29) is 5.78 Å². The standard InChI is InChI=1S/C17H15NO2/c1-20-17-11-5-3-8-14(17)7-2-4-10-16(19)15-9-6-12-18-13-15/h2-13H,1H3/b7-2+,10-4+. The van der Waals surface area contributed by atoms with Crippen LogP contribution >= 0.6 is 0 Å². The number of hydrogen-bond donors (Lipinski definition) is 0. The molecule has 0 aliphatic heterocycles. The molecule has 0 fully saturated rings. The molecule has 0 bridgehead atoms. The van der Waals surface area contributed by atoms with Gasteiger partial charge in [0.1, 0.15) is 5.75 Å². The van der Waals surface area contributed by atoms with Crippen molar-refractivity contribution >= 4 is 11.9 Å². The second-order valence-electron chi connectivity index (χ2n) is 4.07. The van der Waals surface area contributed by atoms with Gasteiger partial charge in [0.2, 0.25) is 0 Å². The summed E-state index contributed by atoms with van der Waals surface area (Å²) in [6.45, 7) is 0. The number of pyridine rings is 1. The van der Waals surface area contributed by atoms with E-state index >= 15 is 0 Å². The van der Waals surface area contributed by atoms with E-state index in [2.05, 4.69) is 4.98 Å². The lowest BCUT2D eigenvalue weighted by atomic mass is 10.1. The second-order valence-corrected chi connectivity index (χ2v) is 4.07. The first-order chi connectivity index (χ1) is 9.81. The lowest BCUT2D eigenvalue weighted by Crippen LogP contribution is -1.93. The van der Waals surface area contributed by atoms with Gasteiger partial charge in [-0.3, -0.25) is 9.78 Å². The van der Waals surface area contributed by atoms with Gasteiger partial charge in [0, 0.05) is 23.5 Å². The zero-order valence-electron chi connectivity index (χ0n) is 11.2. The van der Waals surface area contributed by atoms with Crippen LogP contribution in [0.3, 0.4) is 0 Å². The number of carbonyl (C=O) groups excluding carboxylic acids is 1. The first kappa shape index (κ1) is 13.7. The smallest absolute Gasteiger partial charge is 0.187 e. The maximum Gasteiger partial charge on any atom is 0.187 e. The monoisotopic (exact) mass is 265 g/mol. The van der Waals surface area contributed by atoms with Crippen molar-refractivity contribution in [2.75, 3.05) is 7.11 Å². The van der Waals surface area contributed by atoms with Crippen LogP contribution in [-0.4, -0.2) is 17.9 Å². The molecule has 0 atom stereocenters. The molecule has 1 heterocycles. The number of aromatic nitrogens is 1. The van der Waals surface area contributed by atoms with Gasteiger partial charge in [-0.25, -0.2) is 0 Å². The van der Waals surface area contributed by atoms with E-state index in [4.69, 9.17) is 4.74 Å². The Morgan fingerprint density at radius 1 is 1.15 bits per heavy atom. The van der Waals surface area contributed by atoms with E-state index < -0.39 is 0 Å². The Morgan fingerprint density at radius 3 is 2.75 bits per heavy atom. The number of benzene rings is 1. The molecule has 0 aliphatic rings. The quantitative estimate of drug-likeness (QED) is 0.471. The second kappa shape index (κ2) is 7.04. The first-order valence-electron chi connectivity index (χ1n) is 6.23. The number of ether oxygens (including phenoxy) is 1. The van der Waals surface area contributed by atoms with Crippen molar-refractivity contribution in [1.82, 2.24) is 4.98 Å². The Morgan fingerprint density at radius 2 is 2.00 bits per heavy atom. The highest BCUT2D eigenvalue weighted by Gasteiger charge is 1.99. The van der Waals surface area contributed by atoms with Crippen molar-refractivity contribution in [3.05, 3.63) is 78.1 Å². The van der Waals surface area contributed by atoms with E-state index in [1.165, 1.54) is 6.08 Å². The minimum Gasteiger partial charge on any atom is -0.496 e. The zero-order valence-corrected chi connectivity index (χ0v) is 11.2. The maximum absolute atomic E-state index is 11.8. The summed E-state index contributed by atoms with van der Waals surface area (Å²) in [4.78, 5) is 15.7. The number of hydrogen-bond acceptors (Lipinski definition) is 3. The molecule has 0 saturated heterocycles. The summed E-state index contributed by atoms with van der Waals surface area (Å²) in [5.74, 6) is 0.735. The molecule has 1 aromatic heterocycles. The third kappa shape index (κ3) is 3.65. The number of para-hydroxylation sites is 1. The Labute approximate surface area is 118 Å². The topological polar surface area (TPSA) is 39.2 Å². The minimum absolute atomic E-state index is 0.0669. The van der Waals surface area contributed by atoms with Crippen LogP contribution in [0.2, 0.25) is 0 Å². The highest BCUT2D eigenvalue weighted by Crippen LogP contribution is 2.18. The fourth-order valence-corrected chi connectivity index (χ4v) is 1.71. The van der Waals surface area contributed by atoms with E-state index in [0.29, 0.717) is 5.56 Å². The third-order valence-electron chi connectivity index (χ3n) is 2.72. The van der Waals surface area contributed by atoms with Gasteiger partial charge in [-0.15, -0.1) is 0 Å². The predicted octanol–water partition coefficient (Wildman–Crippen LogP) is 3.54. The predicted molar refractivity (Wildman–Crippen MR) is 79.7 cm³/mol. The highest BCUT2D eigenvalue weighted by atomic mass is 16.5. The third-order valence-corrected chi connectivity index (χ3v) is 2.72. The fraction of sp³-hybridized carbons (Fsp3) is 0.0588. The molecular formula is C17H15NO2. The van der Waals surface area contributed by atoms with Crippen LogP contribution in [0.1, 0.15) is 15.9 Å². The van der Waals surface area contributed by atoms with Crippen LogP contribution in [0.4, 0.5) is 0 Å². The average Bonchev–Trinajstić information content (AvgIpc) is 2.52. The molecule has 0 radical (unpaired) electrons. The van der Waals surface area contributed by atoms with E-state index in [1.54, 1.807) is 37.7 Å². The van der Waals surface area contributed by atoms with Crippen molar-refractivity contribution in [2.24, 2.45) is 0 Å². The Balaban J connectivity index is 2.03. The first-order valence-corrected chi connectivity index (χ1v) is 6.23. The van der Waals surface area contributed by atoms with Crippen LogP contribution in [0, 0.1) is 0 Å². The van der Waals surface area contributed by atoms with Gasteiger partial charge in [0.25, 0.3) is 0 Å². The van der Waals surface area contributed by atoms with Gasteiger partial charge in [-0.2, -0.15) is 0 Å². The molecule has 0 amide bonds. The average molecular weight is 265 g/mol. The molecule has 2 rings (SSSR count). The lowest BCUT2D eigenvalue weighted by molar-refractivity contribution is 0.104. The molecule has 0 unspecified atom stereocenters. The Kier molecular flexibility index (Phi) is 4.84. The molecule has 3 heteroatoms. The lowest BCUT2D eigenvalue weighted by Gasteiger charge is -2.02. The van der Waals surface area contributed by atoms with E-state index in [1.807, 2.05) is 36.4 Å². The number of ketones is 1. The van der Waals surface area contributed by atoms with Crippen LogP contribution < -0.4 is 4.74 Å². The molecule has 0 saturated carbocycles. The number of carbonyl (C=O) groups is 1. The number of allylic oxidation sites excluding steroid dienone is 3.